The number of hydrogen-bond donors (Lipinski definition) is 1. The number of fused-ring (bicyclic) bond motifs is 4. The number of thiophene rings is 1. The first-order valence-corrected chi connectivity index (χ1v) is 16.2. The van der Waals surface area contributed by atoms with Gasteiger partial charge in [-0.2, -0.15) is 25.7 Å². The molecule has 0 bridgehead atoms. The number of hydrogen-bond acceptors (Lipinski definition) is 3. The molecule has 1 radical (unpaired) electrons. The number of alkyl halides is 3. The summed E-state index contributed by atoms with van der Waals surface area (Å²) in [5.41, 5.74) is 7.58. The molecule has 0 spiro atoms. The average molecular weight is 839 g/mol. The van der Waals surface area contributed by atoms with Gasteiger partial charge in [0.25, 0.3) is 5.78 Å². The van der Waals surface area contributed by atoms with Crippen molar-refractivity contribution in [2.45, 2.75) is 79.3 Å². The molecule has 0 saturated heterocycles. The fourth-order valence-corrected chi connectivity index (χ4v) is 7.30. The van der Waals surface area contributed by atoms with E-state index in [0.717, 1.165) is 11.3 Å². The quantitative estimate of drug-likeness (QED) is 0.0829. The van der Waals surface area contributed by atoms with Crippen LogP contribution in [0.15, 0.2) is 66.6 Å². The topological polar surface area (TPSA) is 41.2 Å². The smallest absolute Gasteiger partial charge is 0.454 e. The van der Waals surface area contributed by atoms with Gasteiger partial charge in [0.2, 0.25) is 0 Å². The van der Waals surface area contributed by atoms with Crippen molar-refractivity contribution in [3.63, 3.8) is 0 Å². The predicted octanol–water partition coefficient (Wildman–Crippen LogP) is 11.3. The van der Waals surface area contributed by atoms with Gasteiger partial charge in [0.15, 0.2) is 0 Å². The molecule has 5 rings (SSSR count). The molecule has 47 heavy (non-hydrogen) atoms. The van der Waals surface area contributed by atoms with Gasteiger partial charge in [-0.15, -0.1) is 34.4 Å². The summed E-state index contributed by atoms with van der Waals surface area (Å²) < 4.78 is 39.6. The van der Waals surface area contributed by atoms with Crippen LogP contribution >= 0.6 is 11.3 Å². The Kier molecular flexibility index (Phi) is 11.7. The number of rotatable bonds is 5. The fourth-order valence-electron chi connectivity index (χ4n) is 5.92. The number of allylic oxidation sites excluding steroid dienone is 2. The number of pyridine rings is 1. The SMILES string of the molecule is CC(C)C/C(O)=C/C(=O)C(F)(F)F.[CH2-]c1c(-c2c3sc4c(C)c(C(C)C)ccc4c3cc[n+]2[CH2-])cc(C(C)(C)C)c2ccccc12.[Ir]. The normalized spacial score (nSPS) is 12.5. The minimum Gasteiger partial charge on any atom is -0.512 e. The van der Waals surface area contributed by atoms with E-state index in [4.69, 9.17) is 5.11 Å². The van der Waals surface area contributed by atoms with Crippen LogP contribution in [0, 0.1) is 26.8 Å². The van der Waals surface area contributed by atoms with Gasteiger partial charge in [-0.25, -0.2) is 0 Å². The second kappa shape index (κ2) is 14.4. The van der Waals surface area contributed by atoms with E-state index in [1.807, 2.05) is 15.9 Å². The molecule has 8 heteroatoms. The van der Waals surface area contributed by atoms with E-state index in [0.29, 0.717) is 5.92 Å². The maximum absolute atomic E-state index is 11.6. The molecule has 0 atom stereocenters. The number of aromatic nitrogens is 1. The Morgan fingerprint density at radius 1 is 0.957 bits per heavy atom. The molecule has 0 amide bonds. The monoisotopic (exact) mass is 839 g/mol. The summed E-state index contributed by atoms with van der Waals surface area (Å²) in [4.78, 5) is 10.3. The molecule has 5 aromatic rings. The summed E-state index contributed by atoms with van der Waals surface area (Å²) in [6.07, 6.45) is -2.51. The first-order valence-electron chi connectivity index (χ1n) is 15.4. The van der Waals surface area contributed by atoms with Crippen molar-refractivity contribution < 1.29 is 47.7 Å². The van der Waals surface area contributed by atoms with Gasteiger partial charge in [0, 0.05) is 49.0 Å². The first kappa shape index (κ1) is 38.1. The maximum atomic E-state index is 11.6. The second-order valence-corrected chi connectivity index (χ2v) is 14.7. The number of halogens is 3. The zero-order valence-electron chi connectivity index (χ0n) is 28.2. The van der Waals surface area contributed by atoms with Crippen molar-refractivity contribution >= 4 is 48.1 Å². The van der Waals surface area contributed by atoms with Crippen LogP contribution < -0.4 is 4.57 Å². The fraction of sp³-hybridized carbons (Fsp3) is 0.333. The predicted molar refractivity (Wildman–Crippen MR) is 186 cm³/mol. The van der Waals surface area contributed by atoms with Crippen LogP contribution in [0.4, 0.5) is 13.2 Å². The molecule has 3 aromatic carbocycles. The summed E-state index contributed by atoms with van der Waals surface area (Å²) >= 11 is 1.89. The number of aryl methyl sites for hydroxylation is 1. The molecule has 0 aliphatic rings. The Labute approximate surface area is 293 Å². The van der Waals surface area contributed by atoms with Crippen LogP contribution in [-0.2, 0) is 30.3 Å². The standard InChI is InChI=1S/C31H32NS.C8H11F3O2.Ir/c1-18(2)21-13-14-24-25-15-16-32(8)28(30(25)33-29(24)20(21)4)26-17-27(31(5,6)7)23-12-10-9-11-22(23)19(26)3;1-5(2)3-6(12)4-7(13)8(9,10)11;/h9-18H,3,8H2,1-2,4-7H3;4-5,12H,3H2,1-2H3;/q-1;;/b;6-4-;. The van der Waals surface area contributed by atoms with Gasteiger partial charge >= 0.3 is 6.18 Å². The molecule has 0 aliphatic carbocycles. The van der Waals surface area contributed by atoms with E-state index in [2.05, 4.69) is 110 Å². The number of carbonyl (C=O) groups is 1. The summed E-state index contributed by atoms with van der Waals surface area (Å²) in [5.74, 6) is -2.03. The molecule has 0 fully saturated rings. The summed E-state index contributed by atoms with van der Waals surface area (Å²) in [6, 6.07) is 17.9. The Bertz CT molecular complexity index is 1960. The minimum absolute atomic E-state index is 0. The van der Waals surface area contributed by atoms with Crippen LogP contribution in [0.25, 0.3) is 42.2 Å². The summed E-state index contributed by atoms with van der Waals surface area (Å²) in [6.45, 7) is 21.7. The summed E-state index contributed by atoms with van der Waals surface area (Å²) in [5, 5.41) is 14.0. The van der Waals surface area contributed by atoms with Crippen molar-refractivity contribution in [1.82, 2.24) is 0 Å². The number of nitrogens with zero attached hydrogens (tertiary/aromatic N) is 1. The molecule has 2 heterocycles. The zero-order valence-corrected chi connectivity index (χ0v) is 31.4. The van der Waals surface area contributed by atoms with Crippen molar-refractivity contribution in [3.8, 4) is 11.3 Å². The molecular formula is C39H43F3IrNO2S-. The van der Waals surface area contributed by atoms with Gasteiger partial charge in [-0.1, -0.05) is 89.7 Å². The number of carbonyl (C=O) groups excluding carboxylic acids is 1. The number of aliphatic hydroxyl groups excluding tert-OH is 1. The van der Waals surface area contributed by atoms with Crippen molar-refractivity contribution in [3.05, 3.63) is 103 Å². The molecule has 0 unspecified atom stereocenters. The third kappa shape index (κ3) is 8.05. The van der Waals surface area contributed by atoms with Crippen LogP contribution in [0.2, 0.25) is 0 Å². The van der Waals surface area contributed by atoms with Gasteiger partial charge in [-0.3, -0.25) is 4.79 Å². The van der Waals surface area contributed by atoms with Gasteiger partial charge < -0.3 is 9.67 Å². The van der Waals surface area contributed by atoms with Gasteiger partial charge in [-0.05, 0) is 52.1 Å². The van der Waals surface area contributed by atoms with E-state index in [-0.39, 0.29) is 43.9 Å². The zero-order chi connectivity index (χ0) is 34.3. The Hall–Kier alpha value is -3.32. The van der Waals surface area contributed by atoms with E-state index >= 15 is 0 Å². The third-order valence-electron chi connectivity index (χ3n) is 8.15. The maximum Gasteiger partial charge on any atom is 0.454 e. The van der Waals surface area contributed by atoms with Crippen LogP contribution in [0.3, 0.4) is 0 Å². The molecule has 2 aromatic heterocycles. The first-order chi connectivity index (χ1) is 21.3. The van der Waals surface area contributed by atoms with E-state index < -0.39 is 17.7 Å². The van der Waals surface area contributed by atoms with Gasteiger partial charge in [0.1, 0.15) is 0 Å². The molecule has 253 valence electrons. The number of aliphatic hydroxyl groups is 1. The second-order valence-electron chi connectivity index (χ2n) is 13.6. The molecule has 3 nitrogen and oxygen atoms in total. The molecule has 0 aliphatic heterocycles. The molecule has 1 N–H and O–H groups in total. The van der Waals surface area contributed by atoms with Crippen LogP contribution in [-0.4, -0.2) is 17.1 Å². The van der Waals surface area contributed by atoms with E-state index in [1.165, 1.54) is 53.2 Å². The summed E-state index contributed by atoms with van der Waals surface area (Å²) in [7, 11) is 4.39. The molecule has 0 saturated carbocycles. The van der Waals surface area contributed by atoms with Crippen LogP contribution in [0.5, 0.6) is 0 Å². The van der Waals surface area contributed by atoms with Crippen molar-refractivity contribution in [2.24, 2.45) is 5.92 Å². The number of ketones is 1. The van der Waals surface area contributed by atoms with E-state index in [9.17, 15) is 18.0 Å². The Morgan fingerprint density at radius 3 is 2.11 bits per heavy atom. The van der Waals surface area contributed by atoms with Gasteiger partial charge in [0.05, 0.1) is 17.6 Å². The van der Waals surface area contributed by atoms with E-state index in [1.54, 1.807) is 13.8 Å². The largest absolute Gasteiger partial charge is 0.512 e. The third-order valence-corrected chi connectivity index (χ3v) is 9.49. The Morgan fingerprint density at radius 2 is 1.55 bits per heavy atom. The molecular weight excluding hydrogens is 796 g/mol. The Balaban J connectivity index is 0.000000367. The minimum atomic E-state index is -4.90. The number of benzene rings is 3. The van der Waals surface area contributed by atoms with Crippen LogP contribution in [0.1, 0.15) is 83.1 Å². The van der Waals surface area contributed by atoms with Crippen molar-refractivity contribution in [1.29, 1.82) is 0 Å². The average Bonchev–Trinajstić information content (AvgIpc) is 3.32. The van der Waals surface area contributed by atoms with Crippen molar-refractivity contribution in [2.75, 3.05) is 0 Å².